The molecule has 3 N–H and O–H groups in total. The highest BCUT2D eigenvalue weighted by Crippen LogP contribution is 2.42. The second-order valence-corrected chi connectivity index (χ2v) is 6.18. The molecular formula is C14H16BrF3N2O. The molecule has 1 saturated carbocycles. The van der Waals surface area contributed by atoms with Gasteiger partial charge in [0.2, 0.25) is 5.91 Å². The fraction of sp³-hybridized carbons (Fsp3) is 0.500. The Morgan fingerprint density at radius 2 is 1.95 bits per heavy atom. The molecule has 1 amide bonds. The van der Waals surface area contributed by atoms with Gasteiger partial charge in [-0.15, -0.1) is 0 Å². The van der Waals surface area contributed by atoms with Crippen LogP contribution < -0.4 is 11.1 Å². The first-order valence-electron chi connectivity index (χ1n) is 6.71. The zero-order valence-corrected chi connectivity index (χ0v) is 12.8. The highest BCUT2D eigenvalue weighted by atomic mass is 79.9. The first-order chi connectivity index (χ1) is 9.79. The monoisotopic (exact) mass is 364 g/mol. The summed E-state index contributed by atoms with van der Waals surface area (Å²) in [7, 11) is 0. The number of alkyl halides is 3. The van der Waals surface area contributed by atoms with Crippen LogP contribution in [-0.4, -0.2) is 12.1 Å². The zero-order chi connectivity index (χ0) is 15.6. The molecule has 2 rings (SSSR count). The Morgan fingerprint density at radius 1 is 1.29 bits per heavy atom. The summed E-state index contributed by atoms with van der Waals surface area (Å²) in [4.78, 5) is 12.2. The minimum absolute atomic E-state index is 0.0113. The molecular weight excluding hydrogens is 349 g/mol. The van der Waals surface area contributed by atoms with E-state index in [1.165, 1.54) is 0 Å². The second-order valence-electron chi connectivity index (χ2n) is 5.26. The summed E-state index contributed by atoms with van der Waals surface area (Å²) in [5, 5.41) is 2.52. The minimum Gasteiger partial charge on any atom is -0.397 e. The molecule has 2 unspecified atom stereocenters. The van der Waals surface area contributed by atoms with Gasteiger partial charge >= 0.3 is 6.18 Å². The first kappa shape index (κ1) is 16.1. The zero-order valence-electron chi connectivity index (χ0n) is 11.2. The Bertz CT molecular complexity index is 533. The van der Waals surface area contributed by atoms with Gasteiger partial charge in [0.05, 0.1) is 17.3 Å². The average molecular weight is 365 g/mol. The Morgan fingerprint density at radius 3 is 2.57 bits per heavy atom. The van der Waals surface area contributed by atoms with Crippen molar-refractivity contribution in [2.75, 3.05) is 11.1 Å². The number of benzene rings is 1. The van der Waals surface area contributed by atoms with Crippen molar-refractivity contribution in [3.8, 4) is 0 Å². The summed E-state index contributed by atoms with van der Waals surface area (Å²) in [5.74, 6) is -3.21. The van der Waals surface area contributed by atoms with Crippen molar-refractivity contribution in [3.63, 3.8) is 0 Å². The van der Waals surface area contributed by atoms with Crippen LogP contribution in [0.15, 0.2) is 22.7 Å². The summed E-state index contributed by atoms with van der Waals surface area (Å²) in [6.45, 7) is 0. The van der Waals surface area contributed by atoms with Crippen LogP contribution in [0.3, 0.4) is 0 Å². The van der Waals surface area contributed by atoms with Crippen LogP contribution >= 0.6 is 15.9 Å². The molecule has 3 nitrogen and oxygen atoms in total. The molecule has 0 radical (unpaired) electrons. The molecule has 7 heteroatoms. The number of amides is 1. The van der Waals surface area contributed by atoms with Crippen molar-refractivity contribution in [1.29, 1.82) is 0 Å². The van der Waals surface area contributed by atoms with E-state index in [0.29, 0.717) is 24.2 Å². The number of carbonyl (C=O) groups is 1. The largest absolute Gasteiger partial charge is 0.397 e. The van der Waals surface area contributed by atoms with Crippen LogP contribution in [0.5, 0.6) is 0 Å². The van der Waals surface area contributed by atoms with E-state index in [2.05, 4.69) is 21.2 Å². The molecule has 2 atom stereocenters. The second kappa shape index (κ2) is 6.25. The highest BCUT2D eigenvalue weighted by Gasteiger charge is 2.48. The van der Waals surface area contributed by atoms with E-state index in [4.69, 9.17) is 5.73 Å². The van der Waals surface area contributed by atoms with Crippen molar-refractivity contribution in [2.45, 2.75) is 31.9 Å². The Labute approximate surface area is 129 Å². The molecule has 1 fully saturated rings. The van der Waals surface area contributed by atoms with Gasteiger partial charge in [0.1, 0.15) is 0 Å². The number of nitrogens with two attached hydrogens (primary N) is 1. The quantitative estimate of drug-likeness (QED) is 0.767. The van der Waals surface area contributed by atoms with Crippen molar-refractivity contribution < 1.29 is 18.0 Å². The third-order valence-electron chi connectivity index (χ3n) is 3.79. The van der Waals surface area contributed by atoms with Gasteiger partial charge in [-0.2, -0.15) is 13.2 Å². The number of rotatable bonds is 2. The average Bonchev–Trinajstić information content (AvgIpc) is 2.41. The number of nitrogens with one attached hydrogen (secondary N) is 1. The molecule has 1 aromatic carbocycles. The number of carbonyl (C=O) groups excluding carboxylic acids is 1. The van der Waals surface area contributed by atoms with Crippen molar-refractivity contribution in [3.05, 3.63) is 22.7 Å². The van der Waals surface area contributed by atoms with Gasteiger partial charge in [-0.1, -0.05) is 28.8 Å². The van der Waals surface area contributed by atoms with Crippen LogP contribution in [0.1, 0.15) is 25.7 Å². The molecule has 21 heavy (non-hydrogen) atoms. The van der Waals surface area contributed by atoms with Crippen LogP contribution in [0.4, 0.5) is 24.5 Å². The van der Waals surface area contributed by atoms with Crippen LogP contribution in [0.2, 0.25) is 0 Å². The molecule has 0 heterocycles. The lowest BCUT2D eigenvalue weighted by Crippen LogP contribution is -2.39. The van der Waals surface area contributed by atoms with E-state index in [1.54, 1.807) is 18.2 Å². The van der Waals surface area contributed by atoms with E-state index < -0.39 is 23.9 Å². The number of hydrogen-bond donors (Lipinski definition) is 2. The van der Waals surface area contributed by atoms with E-state index in [1.807, 2.05) is 0 Å². The highest BCUT2D eigenvalue weighted by molar-refractivity contribution is 9.10. The molecule has 0 aliphatic heterocycles. The predicted octanol–water partition coefficient (Wildman–Crippen LogP) is 4.34. The van der Waals surface area contributed by atoms with Gasteiger partial charge in [0.25, 0.3) is 0 Å². The lowest BCUT2D eigenvalue weighted by Gasteiger charge is -2.32. The smallest absolute Gasteiger partial charge is 0.392 e. The normalized spacial score (nSPS) is 22.9. The van der Waals surface area contributed by atoms with Gasteiger partial charge in [0, 0.05) is 10.4 Å². The molecule has 1 aliphatic carbocycles. The van der Waals surface area contributed by atoms with Crippen LogP contribution in [0, 0.1) is 11.8 Å². The summed E-state index contributed by atoms with van der Waals surface area (Å²) >= 11 is 3.23. The van der Waals surface area contributed by atoms with Gasteiger partial charge in [-0.05, 0) is 31.0 Å². The molecule has 0 spiro atoms. The summed E-state index contributed by atoms with van der Waals surface area (Å²) < 4.78 is 39.8. The molecule has 0 aromatic heterocycles. The third kappa shape index (κ3) is 3.90. The lowest BCUT2D eigenvalue weighted by atomic mass is 9.78. The maximum Gasteiger partial charge on any atom is 0.392 e. The summed E-state index contributed by atoms with van der Waals surface area (Å²) in [6.07, 6.45) is -2.92. The van der Waals surface area contributed by atoms with Gasteiger partial charge in [-0.25, -0.2) is 0 Å². The van der Waals surface area contributed by atoms with Crippen molar-refractivity contribution >= 4 is 33.2 Å². The lowest BCUT2D eigenvalue weighted by molar-refractivity contribution is -0.197. The number of halogens is 4. The fourth-order valence-corrected chi connectivity index (χ4v) is 3.09. The fourth-order valence-electron chi connectivity index (χ4n) is 2.71. The minimum atomic E-state index is -4.34. The number of hydrogen-bond acceptors (Lipinski definition) is 2. The van der Waals surface area contributed by atoms with E-state index >= 15 is 0 Å². The van der Waals surface area contributed by atoms with Crippen molar-refractivity contribution in [1.82, 2.24) is 0 Å². The first-order valence-corrected chi connectivity index (χ1v) is 7.51. The van der Waals surface area contributed by atoms with Gasteiger partial charge < -0.3 is 11.1 Å². The van der Waals surface area contributed by atoms with Crippen molar-refractivity contribution in [2.24, 2.45) is 11.8 Å². The molecule has 0 bridgehead atoms. The maximum atomic E-state index is 13.0. The van der Waals surface area contributed by atoms with E-state index in [-0.39, 0.29) is 12.8 Å². The van der Waals surface area contributed by atoms with Gasteiger partial charge in [0.15, 0.2) is 0 Å². The summed E-state index contributed by atoms with van der Waals surface area (Å²) in [6, 6.07) is 4.84. The van der Waals surface area contributed by atoms with E-state index in [9.17, 15) is 18.0 Å². The predicted molar refractivity (Wildman–Crippen MR) is 78.7 cm³/mol. The maximum absolute atomic E-state index is 13.0. The number of nitrogen functional groups attached to an aromatic ring is 1. The van der Waals surface area contributed by atoms with E-state index in [0.717, 1.165) is 4.47 Å². The SMILES string of the molecule is Nc1cc(Br)ccc1NC(=O)C1CCCCC1C(F)(F)F. The number of anilines is 2. The topological polar surface area (TPSA) is 55.1 Å². The molecule has 116 valence electrons. The van der Waals surface area contributed by atoms with Crippen LogP contribution in [0.25, 0.3) is 0 Å². The molecule has 1 aromatic rings. The van der Waals surface area contributed by atoms with Gasteiger partial charge in [-0.3, -0.25) is 4.79 Å². The molecule has 0 saturated heterocycles. The Hall–Kier alpha value is -1.24. The summed E-state index contributed by atoms with van der Waals surface area (Å²) in [5.41, 5.74) is 6.41. The standard InChI is InChI=1S/C14H16BrF3N2O/c15-8-5-6-12(11(19)7-8)20-13(21)9-3-1-2-4-10(9)14(16,17)18/h5-7,9-10H,1-4,19H2,(H,20,21). The Kier molecular flexibility index (Phi) is 4.81. The Balaban J connectivity index is 2.14. The molecule has 1 aliphatic rings. The third-order valence-corrected chi connectivity index (χ3v) is 4.29. The van der Waals surface area contributed by atoms with Crippen LogP contribution in [-0.2, 0) is 4.79 Å².